The summed E-state index contributed by atoms with van der Waals surface area (Å²) in [6.45, 7) is 2.26. The lowest BCUT2D eigenvalue weighted by Crippen LogP contribution is -2.35. The van der Waals surface area contributed by atoms with Crippen LogP contribution in [0.5, 0.6) is 11.5 Å². The minimum atomic E-state index is -0.952. The van der Waals surface area contributed by atoms with Crippen molar-refractivity contribution in [2.45, 2.75) is 116 Å². The lowest BCUT2D eigenvalue weighted by Gasteiger charge is -2.13. The number of carbonyl (C=O) groups excluding carboxylic acids is 2. The molecule has 5 N–H and O–H groups in total. The van der Waals surface area contributed by atoms with Crippen molar-refractivity contribution in [1.82, 2.24) is 0 Å². The van der Waals surface area contributed by atoms with Crippen LogP contribution in [-0.2, 0) is 16.0 Å². The molecule has 1 atom stereocenters. The molecule has 0 bridgehead atoms. The predicted octanol–water partition coefficient (Wildman–Crippen LogP) is 5.52. The number of amides is 1. The minimum absolute atomic E-state index is 0.0121. The van der Waals surface area contributed by atoms with E-state index >= 15 is 0 Å². The average molecular weight is 449 g/mol. The summed E-state index contributed by atoms with van der Waals surface area (Å²) in [7, 11) is 0. The first-order valence-corrected chi connectivity index (χ1v) is 12.5. The fourth-order valence-electron chi connectivity index (χ4n) is 3.78. The number of phenols is 1. The number of para-hydroxylation sites is 1. The maximum absolute atomic E-state index is 12.1. The Morgan fingerprint density at radius 3 is 1.97 bits per heavy atom. The van der Waals surface area contributed by atoms with Crippen LogP contribution in [0.3, 0.4) is 0 Å². The van der Waals surface area contributed by atoms with E-state index in [-0.39, 0.29) is 24.3 Å². The summed E-state index contributed by atoms with van der Waals surface area (Å²) in [4.78, 5) is 22.9. The van der Waals surface area contributed by atoms with Gasteiger partial charge in [0.2, 0.25) is 5.91 Å². The molecular weight excluding hydrogens is 404 g/mol. The van der Waals surface area contributed by atoms with Crippen LogP contribution in [0.4, 0.5) is 0 Å². The van der Waals surface area contributed by atoms with Gasteiger partial charge in [0.15, 0.2) is 11.5 Å². The summed E-state index contributed by atoms with van der Waals surface area (Å²) in [5.41, 5.74) is 11.6. The van der Waals surface area contributed by atoms with E-state index in [2.05, 4.69) is 6.92 Å². The maximum Gasteiger partial charge on any atom is 0.328 e. The maximum atomic E-state index is 12.1. The molecule has 1 aromatic carbocycles. The highest BCUT2D eigenvalue weighted by molar-refractivity contribution is 5.80. The summed E-state index contributed by atoms with van der Waals surface area (Å²) < 4.78 is 5.23. The Kier molecular flexibility index (Phi) is 15.3. The fourth-order valence-corrected chi connectivity index (χ4v) is 3.78. The number of primary amides is 1. The predicted molar refractivity (Wildman–Crippen MR) is 130 cm³/mol. The molecule has 0 saturated carbocycles. The van der Waals surface area contributed by atoms with Crippen molar-refractivity contribution >= 4 is 11.9 Å². The summed E-state index contributed by atoms with van der Waals surface area (Å²) in [5.74, 6) is -1.10. The molecule has 0 saturated heterocycles. The lowest BCUT2D eigenvalue weighted by atomic mass is 10.0. The van der Waals surface area contributed by atoms with Crippen molar-refractivity contribution in [2.24, 2.45) is 11.5 Å². The van der Waals surface area contributed by atoms with Crippen LogP contribution in [-0.4, -0.2) is 23.0 Å². The van der Waals surface area contributed by atoms with Crippen molar-refractivity contribution in [3.63, 3.8) is 0 Å². The largest absolute Gasteiger partial charge is 0.504 e. The van der Waals surface area contributed by atoms with Crippen LogP contribution in [0, 0.1) is 0 Å². The average Bonchev–Trinajstić information content (AvgIpc) is 2.77. The van der Waals surface area contributed by atoms with E-state index in [4.69, 9.17) is 16.2 Å². The molecule has 6 nitrogen and oxygen atoms in total. The topological polar surface area (TPSA) is 116 Å². The summed E-state index contributed by atoms with van der Waals surface area (Å²) in [6.07, 6.45) is 17.7. The van der Waals surface area contributed by atoms with Crippen LogP contribution in [0.25, 0.3) is 0 Å². The van der Waals surface area contributed by atoms with Crippen molar-refractivity contribution in [3.8, 4) is 11.5 Å². The molecule has 0 fully saturated rings. The van der Waals surface area contributed by atoms with Crippen molar-refractivity contribution in [1.29, 1.82) is 0 Å². The second-order valence-corrected chi connectivity index (χ2v) is 8.79. The standard InChI is InChI=1S/C26H44N2O4/c1-2-3-4-5-6-7-8-9-10-11-12-13-14-16-21-17-15-18-23(25(21)30)32-26(31)22(27)19-20-24(28)29/h15,17-18,22,30H,2-14,16,19-20,27H2,1H3,(H2,28,29)/t22-/m0/s1. The second-order valence-electron chi connectivity index (χ2n) is 8.79. The molecular formula is C26H44N2O4. The molecule has 32 heavy (non-hydrogen) atoms. The van der Waals surface area contributed by atoms with Crippen LogP contribution in [0.1, 0.15) is 109 Å². The Balaban J connectivity index is 2.20. The Morgan fingerprint density at radius 1 is 0.906 bits per heavy atom. The molecule has 1 rings (SSSR count). The number of nitrogens with two attached hydrogens (primary N) is 2. The Bertz CT molecular complexity index is 663. The molecule has 0 heterocycles. The summed E-state index contributed by atoms with van der Waals surface area (Å²) in [6, 6.07) is 4.20. The zero-order valence-corrected chi connectivity index (χ0v) is 19.9. The van der Waals surface area contributed by atoms with Crippen molar-refractivity contribution < 1.29 is 19.4 Å². The highest BCUT2D eigenvalue weighted by Gasteiger charge is 2.19. The first-order valence-electron chi connectivity index (χ1n) is 12.5. The third-order valence-electron chi connectivity index (χ3n) is 5.85. The number of esters is 1. The van der Waals surface area contributed by atoms with E-state index in [0.717, 1.165) is 24.8 Å². The van der Waals surface area contributed by atoms with Gasteiger partial charge in [-0.2, -0.15) is 0 Å². The number of rotatable bonds is 19. The van der Waals surface area contributed by atoms with Gasteiger partial charge in [0.1, 0.15) is 6.04 Å². The lowest BCUT2D eigenvalue weighted by molar-refractivity contribution is -0.136. The molecule has 0 aliphatic carbocycles. The molecule has 0 aliphatic rings. The Labute approximate surface area is 194 Å². The monoisotopic (exact) mass is 448 g/mol. The zero-order chi connectivity index (χ0) is 23.6. The van der Waals surface area contributed by atoms with Crippen LogP contribution >= 0.6 is 0 Å². The number of carbonyl (C=O) groups is 2. The van der Waals surface area contributed by atoms with E-state index in [1.54, 1.807) is 12.1 Å². The van der Waals surface area contributed by atoms with Gasteiger partial charge in [0.25, 0.3) is 0 Å². The quantitative estimate of drug-likeness (QED) is 0.146. The molecule has 6 heteroatoms. The number of aromatic hydroxyl groups is 1. The first kappa shape index (κ1) is 28.0. The Hall–Kier alpha value is -2.08. The van der Waals surface area contributed by atoms with Gasteiger partial charge >= 0.3 is 5.97 Å². The Morgan fingerprint density at radius 2 is 1.44 bits per heavy atom. The van der Waals surface area contributed by atoms with Crippen molar-refractivity contribution in [3.05, 3.63) is 23.8 Å². The van der Waals surface area contributed by atoms with Gasteiger partial charge in [-0.1, -0.05) is 96.1 Å². The number of phenolic OH excluding ortho intramolecular Hbond substituents is 1. The fraction of sp³-hybridized carbons (Fsp3) is 0.692. The van der Waals surface area contributed by atoms with Gasteiger partial charge in [-0.25, -0.2) is 4.79 Å². The number of hydrogen-bond acceptors (Lipinski definition) is 5. The minimum Gasteiger partial charge on any atom is -0.504 e. The van der Waals surface area contributed by atoms with Gasteiger partial charge in [-0.05, 0) is 30.9 Å². The number of benzene rings is 1. The van der Waals surface area contributed by atoms with E-state index in [9.17, 15) is 14.7 Å². The third-order valence-corrected chi connectivity index (χ3v) is 5.85. The molecule has 0 spiro atoms. The number of aryl methyl sites for hydroxylation is 1. The molecule has 0 radical (unpaired) electrons. The smallest absolute Gasteiger partial charge is 0.328 e. The van der Waals surface area contributed by atoms with Crippen LogP contribution < -0.4 is 16.2 Å². The van der Waals surface area contributed by atoms with Gasteiger partial charge in [0.05, 0.1) is 0 Å². The molecule has 182 valence electrons. The van der Waals surface area contributed by atoms with Crippen molar-refractivity contribution in [2.75, 3.05) is 0 Å². The van der Waals surface area contributed by atoms with E-state index in [1.165, 1.54) is 70.6 Å². The zero-order valence-electron chi connectivity index (χ0n) is 19.9. The molecule has 0 unspecified atom stereocenters. The van der Waals surface area contributed by atoms with Crippen LogP contribution in [0.2, 0.25) is 0 Å². The second kappa shape index (κ2) is 17.5. The SMILES string of the molecule is CCCCCCCCCCCCCCCc1cccc(OC(=O)[C@@H](N)CCC(N)=O)c1O. The summed E-state index contributed by atoms with van der Waals surface area (Å²) >= 11 is 0. The molecule has 1 amide bonds. The molecule has 0 aliphatic heterocycles. The van der Waals surface area contributed by atoms with E-state index in [0.29, 0.717) is 0 Å². The van der Waals surface area contributed by atoms with Gasteiger partial charge in [-0.15, -0.1) is 0 Å². The molecule has 0 aromatic heterocycles. The number of hydrogen-bond donors (Lipinski definition) is 3. The van der Waals surface area contributed by atoms with E-state index in [1.807, 2.05) is 6.07 Å². The highest BCUT2D eigenvalue weighted by atomic mass is 16.5. The van der Waals surface area contributed by atoms with Gasteiger partial charge in [0, 0.05) is 6.42 Å². The van der Waals surface area contributed by atoms with Gasteiger partial charge < -0.3 is 21.3 Å². The third kappa shape index (κ3) is 12.7. The van der Waals surface area contributed by atoms with Gasteiger partial charge in [-0.3, -0.25) is 4.79 Å². The highest BCUT2D eigenvalue weighted by Crippen LogP contribution is 2.31. The summed E-state index contributed by atoms with van der Waals surface area (Å²) in [5, 5.41) is 10.4. The first-order chi connectivity index (χ1) is 15.5. The normalized spacial score (nSPS) is 11.9. The number of unbranched alkanes of at least 4 members (excludes halogenated alkanes) is 12. The molecule has 1 aromatic rings. The number of ether oxygens (including phenoxy) is 1. The van der Waals surface area contributed by atoms with Crippen LogP contribution in [0.15, 0.2) is 18.2 Å². The van der Waals surface area contributed by atoms with E-state index < -0.39 is 17.9 Å².